The number of hydrogen-bond donors (Lipinski definition) is 1. The van der Waals surface area contributed by atoms with Gasteiger partial charge in [-0.15, -0.1) is 0 Å². The maximum Gasteiger partial charge on any atom is 0.254 e. The second kappa shape index (κ2) is 7.17. The van der Waals surface area contributed by atoms with Crippen LogP contribution in [0.1, 0.15) is 22.4 Å². The van der Waals surface area contributed by atoms with Gasteiger partial charge in [-0.3, -0.25) is 9.69 Å². The molecule has 0 bridgehead atoms. The Bertz CT molecular complexity index is 995. The van der Waals surface area contributed by atoms with Gasteiger partial charge in [-0.2, -0.15) is 0 Å². The predicted octanol–water partition coefficient (Wildman–Crippen LogP) is 4.07. The van der Waals surface area contributed by atoms with Gasteiger partial charge in [0.1, 0.15) is 5.82 Å². The molecule has 0 atom stereocenters. The highest BCUT2D eigenvalue weighted by atomic mass is 79.9. The van der Waals surface area contributed by atoms with Crippen molar-refractivity contribution >= 4 is 15.9 Å². The van der Waals surface area contributed by atoms with Crippen LogP contribution in [0, 0.1) is 6.92 Å². The van der Waals surface area contributed by atoms with Crippen molar-refractivity contribution in [3.63, 3.8) is 0 Å². The van der Waals surface area contributed by atoms with Crippen LogP contribution in [-0.2, 0) is 19.5 Å². The van der Waals surface area contributed by atoms with Crippen LogP contribution in [0.2, 0.25) is 0 Å². The van der Waals surface area contributed by atoms with E-state index < -0.39 is 0 Å². The van der Waals surface area contributed by atoms with Gasteiger partial charge >= 0.3 is 0 Å². The van der Waals surface area contributed by atoms with Crippen molar-refractivity contribution in [2.24, 2.45) is 0 Å². The fourth-order valence-corrected chi connectivity index (χ4v) is 3.82. The Morgan fingerprint density at radius 1 is 1.19 bits per heavy atom. The summed E-state index contributed by atoms with van der Waals surface area (Å²) in [5.41, 5.74) is 5.10. The summed E-state index contributed by atoms with van der Waals surface area (Å²) < 4.78 is 1.09. The van der Waals surface area contributed by atoms with Gasteiger partial charge in [0, 0.05) is 35.2 Å². The molecule has 0 aliphatic carbocycles. The summed E-state index contributed by atoms with van der Waals surface area (Å²) >= 11 is 3.53. The molecule has 1 N–H and O–H groups in total. The summed E-state index contributed by atoms with van der Waals surface area (Å²) in [7, 11) is 0. The number of benzene rings is 2. The van der Waals surface area contributed by atoms with Crippen molar-refractivity contribution in [3.05, 3.63) is 85.7 Å². The first-order valence-corrected chi connectivity index (χ1v) is 9.54. The quantitative estimate of drug-likeness (QED) is 0.709. The fourth-order valence-electron chi connectivity index (χ4n) is 3.37. The Kier molecular flexibility index (Phi) is 4.74. The first kappa shape index (κ1) is 17.2. The molecule has 1 aliphatic rings. The third-order valence-electron chi connectivity index (χ3n) is 4.77. The molecule has 0 unspecified atom stereocenters. The van der Waals surface area contributed by atoms with E-state index in [1.54, 1.807) is 0 Å². The van der Waals surface area contributed by atoms with Crippen LogP contribution >= 0.6 is 15.9 Å². The Hall–Kier alpha value is -2.24. The van der Waals surface area contributed by atoms with Gasteiger partial charge < -0.3 is 4.98 Å². The van der Waals surface area contributed by atoms with E-state index in [1.165, 1.54) is 11.1 Å². The molecular weight excluding hydrogens is 390 g/mol. The first-order chi connectivity index (χ1) is 12.6. The third kappa shape index (κ3) is 3.64. The van der Waals surface area contributed by atoms with Crippen LogP contribution in [0.4, 0.5) is 0 Å². The number of halogens is 1. The number of nitrogens with one attached hydrogen (secondary N) is 1. The summed E-state index contributed by atoms with van der Waals surface area (Å²) in [4.78, 5) is 22.6. The van der Waals surface area contributed by atoms with Crippen LogP contribution in [0.5, 0.6) is 0 Å². The van der Waals surface area contributed by atoms with Crippen molar-refractivity contribution < 1.29 is 0 Å². The zero-order valence-corrected chi connectivity index (χ0v) is 16.2. The molecule has 0 spiro atoms. The lowest BCUT2D eigenvalue weighted by atomic mass is 10.0. The first-order valence-electron chi connectivity index (χ1n) is 8.74. The Balaban J connectivity index is 1.61. The minimum Gasteiger partial charge on any atom is -0.306 e. The van der Waals surface area contributed by atoms with Crippen molar-refractivity contribution in [1.82, 2.24) is 14.9 Å². The van der Waals surface area contributed by atoms with Gasteiger partial charge in [0.05, 0.1) is 5.69 Å². The van der Waals surface area contributed by atoms with E-state index in [4.69, 9.17) is 4.98 Å². The van der Waals surface area contributed by atoms with E-state index >= 15 is 0 Å². The summed E-state index contributed by atoms with van der Waals surface area (Å²) in [5, 5.41) is 0. The van der Waals surface area contributed by atoms with Crippen molar-refractivity contribution in [1.29, 1.82) is 0 Å². The van der Waals surface area contributed by atoms with E-state index in [9.17, 15) is 4.79 Å². The molecule has 3 aromatic rings. The molecule has 132 valence electrons. The zero-order valence-electron chi connectivity index (χ0n) is 14.6. The lowest BCUT2D eigenvalue weighted by molar-refractivity contribution is 0.240. The lowest BCUT2D eigenvalue weighted by Crippen LogP contribution is -2.35. The summed E-state index contributed by atoms with van der Waals surface area (Å²) in [6.45, 7) is 4.47. The van der Waals surface area contributed by atoms with E-state index in [2.05, 4.69) is 44.0 Å². The van der Waals surface area contributed by atoms with E-state index in [1.807, 2.05) is 37.3 Å². The summed E-state index contributed by atoms with van der Waals surface area (Å²) in [6.07, 6.45) is 0.736. The highest BCUT2D eigenvalue weighted by Crippen LogP contribution is 2.21. The molecule has 0 saturated carbocycles. The molecule has 26 heavy (non-hydrogen) atoms. The number of aromatic nitrogens is 2. The molecule has 1 aliphatic heterocycles. The number of aromatic amines is 1. The maximum absolute atomic E-state index is 12.5. The number of aryl methyl sites for hydroxylation is 1. The van der Waals surface area contributed by atoms with Crippen molar-refractivity contribution in [2.45, 2.75) is 26.4 Å². The molecule has 0 saturated heterocycles. The molecule has 4 rings (SSSR count). The second-order valence-electron chi connectivity index (χ2n) is 6.80. The summed E-state index contributed by atoms with van der Waals surface area (Å²) in [6, 6.07) is 16.4. The smallest absolute Gasteiger partial charge is 0.254 e. The molecule has 2 aromatic carbocycles. The molecular formula is C21H20BrN3O. The molecule has 2 heterocycles. The van der Waals surface area contributed by atoms with Gasteiger partial charge in [-0.05, 0) is 31.0 Å². The van der Waals surface area contributed by atoms with Gasteiger partial charge in [0.15, 0.2) is 0 Å². The zero-order chi connectivity index (χ0) is 18.1. The Morgan fingerprint density at radius 3 is 2.77 bits per heavy atom. The highest BCUT2D eigenvalue weighted by molar-refractivity contribution is 9.10. The van der Waals surface area contributed by atoms with Crippen LogP contribution in [0.15, 0.2) is 57.8 Å². The second-order valence-corrected chi connectivity index (χ2v) is 7.71. The molecule has 5 heteroatoms. The normalized spacial score (nSPS) is 14.2. The van der Waals surface area contributed by atoms with Gasteiger partial charge in [0.2, 0.25) is 0 Å². The molecule has 1 aromatic heterocycles. The Morgan fingerprint density at radius 2 is 2.00 bits per heavy atom. The molecule has 4 nitrogen and oxygen atoms in total. The number of fused-ring (bicyclic) bond motifs is 1. The topological polar surface area (TPSA) is 49.0 Å². The van der Waals surface area contributed by atoms with E-state index in [0.717, 1.165) is 40.8 Å². The van der Waals surface area contributed by atoms with Crippen LogP contribution < -0.4 is 5.56 Å². The van der Waals surface area contributed by atoms with Crippen LogP contribution in [-0.4, -0.2) is 21.4 Å². The monoisotopic (exact) mass is 409 g/mol. The standard InChI is InChI=1S/C21H20BrN3O/c1-14-5-7-16(8-6-14)20-23-19-13-25(10-9-18(19)21(26)24-20)12-15-3-2-4-17(22)11-15/h2-8,11H,9-10,12-13H2,1H3,(H,23,24,26). The van der Waals surface area contributed by atoms with E-state index in [-0.39, 0.29) is 5.56 Å². The van der Waals surface area contributed by atoms with Crippen LogP contribution in [0.3, 0.4) is 0 Å². The molecule has 0 fully saturated rings. The highest BCUT2D eigenvalue weighted by Gasteiger charge is 2.21. The third-order valence-corrected chi connectivity index (χ3v) is 5.27. The van der Waals surface area contributed by atoms with Crippen LogP contribution in [0.25, 0.3) is 11.4 Å². The predicted molar refractivity (Wildman–Crippen MR) is 107 cm³/mol. The average molecular weight is 410 g/mol. The fraction of sp³-hybridized carbons (Fsp3) is 0.238. The molecule has 0 radical (unpaired) electrons. The van der Waals surface area contributed by atoms with E-state index in [0.29, 0.717) is 12.4 Å². The van der Waals surface area contributed by atoms with Crippen molar-refractivity contribution in [3.8, 4) is 11.4 Å². The van der Waals surface area contributed by atoms with Gasteiger partial charge in [-0.1, -0.05) is 57.9 Å². The number of H-pyrrole nitrogens is 1. The SMILES string of the molecule is Cc1ccc(-c2nc3c(c(=O)[nH]2)CCN(Cc2cccc(Br)c2)C3)cc1. The minimum atomic E-state index is -0.00678. The largest absolute Gasteiger partial charge is 0.306 e. The maximum atomic E-state index is 12.5. The van der Waals surface area contributed by atoms with Gasteiger partial charge in [-0.25, -0.2) is 4.98 Å². The summed E-state index contributed by atoms with van der Waals surface area (Å²) in [5.74, 6) is 0.651. The number of hydrogen-bond acceptors (Lipinski definition) is 3. The van der Waals surface area contributed by atoms with Crippen molar-refractivity contribution in [2.75, 3.05) is 6.54 Å². The number of nitrogens with zero attached hydrogens (tertiary/aromatic N) is 2. The average Bonchev–Trinajstić information content (AvgIpc) is 2.62. The lowest BCUT2D eigenvalue weighted by Gasteiger charge is -2.27. The molecule has 0 amide bonds. The van der Waals surface area contributed by atoms with Gasteiger partial charge in [0.25, 0.3) is 5.56 Å². The minimum absolute atomic E-state index is 0.00678. The number of rotatable bonds is 3. The Labute approximate surface area is 161 Å².